The van der Waals surface area contributed by atoms with E-state index in [0.29, 0.717) is 10.8 Å². The highest BCUT2D eigenvalue weighted by Crippen LogP contribution is 2.35. The van der Waals surface area contributed by atoms with Crippen LogP contribution in [-0.4, -0.2) is 0 Å². The lowest BCUT2D eigenvalue weighted by Gasteiger charge is -2.10. The summed E-state index contributed by atoms with van der Waals surface area (Å²) < 4.78 is 15.3. The number of hydrogen-bond acceptors (Lipinski definition) is 0. The molecule has 0 aliphatic heterocycles. The summed E-state index contributed by atoms with van der Waals surface area (Å²) in [6.45, 7) is 0. The molecule has 0 aromatic heterocycles. The zero-order chi connectivity index (χ0) is 15.4. The average molecular weight is 296 g/mol. The van der Waals surface area contributed by atoms with Crippen LogP contribution in [0, 0.1) is 5.82 Å². The van der Waals surface area contributed by atoms with Crippen LogP contribution in [0.1, 0.15) is 0 Å². The molecule has 0 N–H and O–H groups in total. The van der Waals surface area contributed by atoms with Gasteiger partial charge in [-0.25, -0.2) is 4.39 Å². The molecule has 0 unspecified atom stereocenters. The first-order chi connectivity index (χ1) is 11.3. The Hall–Kier alpha value is -2.93. The van der Waals surface area contributed by atoms with E-state index in [2.05, 4.69) is 24.3 Å². The molecule has 0 aliphatic rings. The van der Waals surface area contributed by atoms with Gasteiger partial charge in [-0.1, -0.05) is 72.8 Å². The molecule has 5 aromatic carbocycles. The first kappa shape index (κ1) is 12.6. The zero-order valence-electron chi connectivity index (χ0n) is 12.4. The molecule has 0 saturated carbocycles. The van der Waals surface area contributed by atoms with Crippen LogP contribution in [0.5, 0.6) is 0 Å². The highest BCUT2D eigenvalue weighted by molar-refractivity contribution is 6.17. The van der Waals surface area contributed by atoms with Gasteiger partial charge in [0.25, 0.3) is 0 Å². The third-order valence-corrected chi connectivity index (χ3v) is 4.69. The molecule has 0 saturated heterocycles. The third-order valence-electron chi connectivity index (χ3n) is 4.69. The van der Waals surface area contributed by atoms with Crippen LogP contribution in [0.3, 0.4) is 0 Å². The maximum atomic E-state index is 15.3. The van der Waals surface area contributed by atoms with E-state index >= 15 is 4.39 Å². The summed E-state index contributed by atoms with van der Waals surface area (Å²) in [7, 11) is 0. The standard InChI is InChI=1S/C22H13F/c23-22-19-12-11-14-5-1-3-7-17(14)20(19)13-16-10-9-15-6-2-4-8-18(15)21(16)22/h1-13H. The van der Waals surface area contributed by atoms with Crippen molar-refractivity contribution in [2.75, 3.05) is 0 Å². The molecule has 0 nitrogen and oxygen atoms in total. The molecule has 0 aliphatic carbocycles. The molecule has 23 heavy (non-hydrogen) atoms. The number of fused-ring (bicyclic) bond motifs is 6. The molecule has 0 amide bonds. The van der Waals surface area contributed by atoms with Crippen molar-refractivity contribution in [3.63, 3.8) is 0 Å². The maximum absolute atomic E-state index is 15.3. The Bertz CT molecular complexity index is 1220. The maximum Gasteiger partial charge on any atom is 0.139 e. The Kier molecular flexibility index (Phi) is 2.48. The van der Waals surface area contributed by atoms with E-state index in [1.54, 1.807) is 0 Å². The molecular formula is C22H13F. The van der Waals surface area contributed by atoms with E-state index in [1.165, 1.54) is 0 Å². The van der Waals surface area contributed by atoms with E-state index in [0.717, 1.165) is 32.3 Å². The fourth-order valence-corrected chi connectivity index (χ4v) is 3.59. The summed E-state index contributed by atoms with van der Waals surface area (Å²) in [5.41, 5.74) is 0. The molecular weight excluding hydrogens is 283 g/mol. The number of hydrogen-bond donors (Lipinski definition) is 0. The lowest BCUT2D eigenvalue weighted by molar-refractivity contribution is 0.652. The lowest BCUT2D eigenvalue weighted by atomic mass is 9.95. The van der Waals surface area contributed by atoms with Gasteiger partial charge in [-0.05, 0) is 38.4 Å². The minimum absolute atomic E-state index is 0.125. The van der Waals surface area contributed by atoms with Crippen LogP contribution >= 0.6 is 0 Å². The Morgan fingerprint density at radius 3 is 1.91 bits per heavy atom. The van der Waals surface area contributed by atoms with E-state index in [4.69, 9.17) is 0 Å². The summed E-state index contributed by atoms with van der Waals surface area (Å²) in [5.74, 6) is -0.125. The van der Waals surface area contributed by atoms with Crippen LogP contribution in [0.2, 0.25) is 0 Å². The molecule has 5 rings (SSSR count). The summed E-state index contributed by atoms with van der Waals surface area (Å²) in [6, 6.07) is 26.2. The van der Waals surface area contributed by atoms with Gasteiger partial charge in [0.15, 0.2) is 0 Å². The van der Waals surface area contributed by atoms with Crippen molar-refractivity contribution in [1.82, 2.24) is 0 Å². The van der Waals surface area contributed by atoms with Gasteiger partial charge in [0.05, 0.1) is 0 Å². The molecule has 0 spiro atoms. The summed E-state index contributed by atoms with van der Waals surface area (Å²) in [5, 5.41) is 7.60. The highest BCUT2D eigenvalue weighted by Gasteiger charge is 2.12. The minimum Gasteiger partial charge on any atom is -0.206 e. The van der Waals surface area contributed by atoms with Crippen molar-refractivity contribution in [1.29, 1.82) is 0 Å². The van der Waals surface area contributed by atoms with Crippen molar-refractivity contribution in [3.05, 3.63) is 84.7 Å². The fraction of sp³-hybridized carbons (Fsp3) is 0. The number of rotatable bonds is 0. The monoisotopic (exact) mass is 296 g/mol. The van der Waals surface area contributed by atoms with E-state index < -0.39 is 0 Å². The smallest absolute Gasteiger partial charge is 0.139 e. The zero-order valence-corrected chi connectivity index (χ0v) is 12.4. The van der Waals surface area contributed by atoms with Gasteiger partial charge < -0.3 is 0 Å². The highest BCUT2D eigenvalue weighted by atomic mass is 19.1. The van der Waals surface area contributed by atoms with Crippen LogP contribution in [0.25, 0.3) is 43.1 Å². The molecule has 5 aromatic rings. The van der Waals surface area contributed by atoms with Crippen LogP contribution in [0.15, 0.2) is 78.9 Å². The third kappa shape index (κ3) is 1.71. The summed E-state index contributed by atoms with van der Waals surface area (Å²) in [6.07, 6.45) is 0. The summed E-state index contributed by atoms with van der Waals surface area (Å²) >= 11 is 0. The Morgan fingerprint density at radius 1 is 0.478 bits per heavy atom. The van der Waals surface area contributed by atoms with Gasteiger partial charge >= 0.3 is 0 Å². The van der Waals surface area contributed by atoms with Crippen molar-refractivity contribution >= 4 is 43.1 Å². The normalized spacial score (nSPS) is 11.7. The van der Waals surface area contributed by atoms with Gasteiger partial charge in [0.2, 0.25) is 0 Å². The minimum atomic E-state index is -0.125. The van der Waals surface area contributed by atoms with Gasteiger partial charge in [-0.3, -0.25) is 0 Å². The first-order valence-corrected chi connectivity index (χ1v) is 7.74. The predicted octanol–water partition coefficient (Wildman–Crippen LogP) is 6.44. The van der Waals surface area contributed by atoms with Crippen LogP contribution < -0.4 is 0 Å². The SMILES string of the molecule is Fc1c2ccc3ccccc3c2cc2ccc3ccccc3c12. The largest absolute Gasteiger partial charge is 0.206 e. The van der Waals surface area contributed by atoms with Gasteiger partial charge in [-0.15, -0.1) is 0 Å². The average Bonchev–Trinajstić information content (AvgIpc) is 2.61. The second kappa shape index (κ2) is 4.53. The molecule has 0 radical (unpaired) electrons. The Balaban J connectivity index is 2.08. The van der Waals surface area contributed by atoms with E-state index in [9.17, 15) is 0 Å². The Labute approximate surface area is 132 Å². The number of benzene rings is 5. The first-order valence-electron chi connectivity index (χ1n) is 7.74. The molecule has 0 heterocycles. The second-order valence-corrected chi connectivity index (χ2v) is 5.96. The summed E-state index contributed by atoms with van der Waals surface area (Å²) in [4.78, 5) is 0. The van der Waals surface area contributed by atoms with Crippen LogP contribution in [0.4, 0.5) is 4.39 Å². The lowest BCUT2D eigenvalue weighted by Crippen LogP contribution is -1.87. The Morgan fingerprint density at radius 2 is 1.09 bits per heavy atom. The second-order valence-electron chi connectivity index (χ2n) is 5.96. The molecule has 1 heteroatoms. The van der Waals surface area contributed by atoms with E-state index in [1.807, 2.05) is 54.6 Å². The van der Waals surface area contributed by atoms with E-state index in [-0.39, 0.29) is 5.82 Å². The van der Waals surface area contributed by atoms with Crippen LogP contribution in [-0.2, 0) is 0 Å². The topological polar surface area (TPSA) is 0 Å². The predicted molar refractivity (Wildman–Crippen MR) is 96.4 cm³/mol. The molecule has 0 fully saturated rings. The molecule has 0 bridgehead atoms. The molecule has 108 valence electrons. The van der Waals surface area contributed by atoms with Gasteiger partial charge in [0.1, 0.15) is 5.82 Å². The van der Waals surface area contributed by atoms with Crippen molar-refractivity contribution in [2.45, 2.75) is 0 Å². The number of halogens is 1. The van der Waals surface area contributed by atoms with Crippen molar-refractivity contribution in [3.8, 4) is 0 Å². The quantitative estimate of drug-likeness (QED) is 0.228. The molecule has 0 atom stereocenters. The van der Waals surface area contributed by atoms with Crippen molar-refractivity contribution in [2.24, 2.45) is 0 Å². The van der Waals surface area contributed by atoms with Gasteiger partial charge in [-0.2, -0.15) is 0 Å². The fourth-order valence-electron chi connectivity index (χ4n) is 3.59. The van der Waals surface area contributed by atoms with Crippen molar-refractivity contribution < 1.29 is 4.39 Å². The van der Waals surface area contributed by atoms with Gasteiger partial charge in [0, 0.05) is 10.8 Å².